The number of hydrogen-bond acceptors (Lipinski definition) is 3. The number of hydrogen-bond donors (Lipinski definition) is 1. The van der Waals surface area contributed by atoms with Gasteiger partial charge in [0.1, 0.15) is 0 Å². The smallest absolute Gasteiger partial charge is 0.0652 e. The highest BCUT2D eigenvalue weighted by Gasteiger charge is 2.52. The van der Waals surface area contributed by atoms with Gasteiger partial charge in [-0.15, -0.1) is 0 Å². The Hall–Kier alpha value is -0.120. The van der Waals surface area contributed by atoms with E-state index in [2.05, 4.69) is 37.9 Å². The van der Waals surface area contributed by atoms with Crippen LogP contribution in [0.1, 0.15) is 47.0 Å². The highest BCUT2D eigenvalue weighted by atomic mass is 16.5. The van der Waals surface area contributed by atoms with Gasteiger partial charge in [0.2, 0.25) is 0 Å². The zero-order valence-corrected chi connectivity index (χ0v) is 12.7. The van der Waals surface area contributed by atoms with Crippen LogP contribution in [0.5, 0.6) is 0 Å². The third-order valence-electron chi connectivity index (χ3n) is 5.15. The zero-order chi connectivity index (χ0) is 13.3. The van der Waals surface area contributed by atoms with Crippen molar-refractivity contribution in [2.24, 2.45) is 5.41 Å². The Balaban J connectivity index is 1.99. The summed E-state index contributed by atoms with van der Waals surface area (Å²) in [5.74, 6) is 0. The summed E-state index contributed by atoms with van der Waals surface area (Å²) in [5.41, 5.74) is 0.303. The monoisotopic (exact) mass is 254 g/mol. The predicted molar refractivity (Wildman–Crippen MR) is 75.8 cm³/mol. The van der Waals surface area contributed by atoms with Crippen LogP contribution in [0.2, 0.25) is 0 Å². The maximum absolute atomic E-state index is 5.59. The molecule has 0 bridgehead atoms. The summed E-state index contributed by atoms with van der Waals surface area (Å²) in [6.45, 7) is 11.7. The van der Waals surface area contributed by atoms with Gasteiger partial charge < -0.3 is 10.1 Å². The molecule has 0 spiro atoms. The second-order valence-corrected chi connectivity index (χ2v) is 6.74. The normalized spacial score (nSPS) is 40.5. The van der Waals surface area contributed by atoms with E-state index in [-0.39, 0.29) is 0 Å². The Morgan fingerprint density at radius 3 is 2.67 bits per heavy atom. The second-order valence-electron chi connectivity index (χ2n) is 6.74. The number of rotatable bonds is 4. The van der Waals surface area contributed by atoms with Crippen molar-refractivity contribution >= 4 is 0 Å². The van der Waals surface area contributed by atoms with Crippen LogP contribution < -0.4 is 5.32 Å². The molecular weight excluding hydrogens is 224 g/mol. The molecule has 0 amide bonds. The molecule has 3 heteroatoms. The number of methoxy groups -OCH3 is 1. The SMILES string of the molecule is CCCC1CN(C2CC(OC)C2(C)C)C(C)CN1. The molecule has 0 aromatic rings. The summed E-state index contributed by atoms with van der Waals surface area (Å²) in [6, 6.07) is 2.03. The molecular formula is C15H30N2O. The molecule has 18 heavy (non-hydrogen) atoms. The lowest BCUT2D eigenvalue weighted by Crippen LogP contribution is -2.68. The molecule has 1 N–H and O–H groups in total. The van der Waals surface area contributed by atoms with E-state index in [1.54, 1.807) is 0 Å². The number of piperazine rings is 1. The highest BCUT2D eigenvalue weighted by Crippen LogP contribution is 2.46. The standard InChI is InChI=1S/C15H30N2O/c1-6-7-12-10-17(11(2)9-16-12)13-8-14(18-5)15(13,3)4/h11-14,16H,6-10H2,1-5H3. The van der Waals surface area contributed by atoms with Crippen LogP contribution in [-0.2, 0) is 4.74 Å². The molecule has 4 atom stereocenters. The van der Waals surface area contributed by atoms with Gasteiger partial charge in [0.05, 0.1) is 6.10 Å². The van der Waals surface area contributed by atoms with Crippen LogP contribution in [0.4, 0.5) is 0 Å². The molecule has 2 aliphatic rings. The molecule has 4 unspecified atom stereocenters. The Bertz CT molecular complexity index is 280. The average molecular weight is 254 g/mol. The fraction of sp³-hybridized carbons (Fsp3) is 1.00. The lowest BCUT2D eigenvalue weighted by atomic mass is 9.63. The molecule has 1 saturated carbocycles. The van der Waals surface area contributed by atoms with Gasteiger partial charge in [0.15, 0.2) is 0 Å². The van der Waals surface area contributed by atoms with Crippen LogP contribution in [-0.4, -0.2) is 49.3 Å². The van der Waals surface area contributed by atoms with Crippen molar-refractivity contribution in [3.05, 3.63) is 0 Å². The summed E-state index contributed by atoms with van der Waals surface area (Å²) >= 11 is 0. The quantitative estimate of drug-likeness (QED) is 0.833. The Morgan fingerprint density at radius 2 is 2.11 bits per heavy atom. The van der Waals surface area contributed by atoms with Crippen molar-refractivity contribution < 1.29 is 4.74 Å². The summed E-state index contributed by atoms with van der Waals surface area (Å²) in [4.78, 5) is 2.73. The van der Waals surface area contributed by atoms with Crippen LogP contribution in [0.3, 0.4) is 0 Å². The first kappa shape index (κ1) is 14.3. The van der Waals surface area contributed by atoms with Crippen molar-refractivity contribution in [1.82, 2.24) is 10.2 Å². The van der Waals surface area contributed by atoms with Gasteiger partial charge >= 0.3 is 0 Å². The summed E-state index contributed by atoms with van der Waals surface area (Å²) in [5, 5.41) is 3.68. The van der Waals surface area contributed by atoms with E-state index in [4.69, 9.17) is 4.74 Å². The topological polar surface area (TPSA) is 24.5 Å². The largest absolute Gasteiger partial charge is 0.381 e. The maximum atomic E-state index is 5.59. The fourth-order valence-corrected chi connectivity index (χ4v) is 3.76. The molecule has 0 aromatic heterocycles. The van der Waals surface area contributed by atoms with E-state index in [0.29, 0.717) is 29.6 Å². The third-order valence-corrected chi connectivity index (χ3v) is 5.15. The minimum absolute atomic E-state index is 0.303. The first-order chi connectivity index (χ1) is 8.50. The van der Waals surface area contributed by atoms with Crippen LogP contribution >= 0.6 is 0 Å². The zero-order valence-electron chi connectivity index (χ0n) is 12.7. The molecule has 1 aliphatic carbocycles. The van der Waals surface area contributed by atoms with E-state index in [1.165, 1.54) is 25.8 Å². The molecule has 3 nitrogen and oxygen atoms in total. The van der Waals surface area contributed by atoms with Gasteiger partial charge in [-0.1, -0.05) is 27.2 Å². The molecule has 1 heterocycles. The minimum Gasteiger partial charge on any atom is -0.381 e. The Morgan fingerprint density at radius 1 is 1.39 bits per heavy atom. The fourth-order valence-electron chi connectivity index (χ4n) is 3.76. The molecule has 1 aliphatic heterocycles. The Labute approximate surface area is 112 Å². The molecule has 2 rings (SSSR count). The molecule has 2 fully saturated rings. The van der Waals surface area contributed by atoms with E-state index in [9.17, 15) is 0 Å². The van der Waals surface area contributed by atoms with Crippen molar-refractivity contribution in [3.8, 4) is 0 Å². The lowest BCUT2D eigenvalue weighted by molar-refractivity contribution is -0.151. The van der Waals surface area contributed by atoms with Gasteiger partial charge in [-0.2, -0.15) is 0 Å². The van der Waals surface area contributed by atoms with Crippen LogP contribution in [0.15, 0.2) is 0 Å². The first-order valence-corrected chi connectivity index (χ1v) is 7.52. The summed E-state index contributed by atoms with van der Waals surface area (Å²) in [6.07, 6.45) is 4.21. The van der Waals surface area contributed by atoms with Crippen molar-refractivity contribution in [3.63, 3.8) is 0 Å². The van der Waals surface area contributed by atoms with Crippen molar-refractivity contribution in [2.75, 3.05) is 20.2 Å². The predicted octanol–water partition coefficient (Wildman–Crippen LogP) is 2.26. The van der Waals surface area contributed by atoms with Gasteiger partial charge in [0, 0.05) is 43.7 Å². The Kier molecular flexibility index (Phi) is 4.35. The highest BCUT2D eigenvalue weighted by molar-refractivity contribution is 5.06. The minimum atomic E-state index is 0.303. The molecule has 0 radical (unpaired) electrons. The van der Waals surface area contributed by atoms with E-state index >= 15 is 0 Å². The third kappa shape index (κ3) is 2.45. The number of nitrogens with one attached hydrogen (secondary N) is 1. The number of nitrogens with zero attached hydrogens (tertiary/aromatic N) is 1. The van der Waals surface area contributed by atoms with Crippen molar-refractivity contribution in [2.45, 2.75) is 71.2 Å². The first-order valence-electron chi connectivity index (χ1n) is 7.52. The average Bonchev–Trinajstić information content (AvgIpc) is 2.32. The molecule has 0 aromatic carbocycles. The summed E-state index contributed by atoms with van der Waals surface area (Å²) < 4.78 is 5.59. The van der Waals surface area contributed by atoms with E-state index < -0.39 is 0 Å². The van der Waals surface area contributed by atoms with Gasteiger partial charge in [-0.05, 0) is 19.8 Å². The second kappa shape index (κ2) is 5.48. The van der Waals surface area contributed by atoms with Crippen molar-refractivity contribution in [1.29, 1.82) is 0 Å². The number of ether oxygens (including phenoxy) is 1. The van der Waals surface area contributed by atoms with E-state index in [0.717, 1.165) is 6.54 Å². The van der Waals surface area contributed by atoms with Crippen LogP contribution in [0.25, 0.3) is 0 Å². The molecule has 1 saturated heterocycles. The van der Waals surface area contributed by atoms with Gasteiger partial charge in [-0.3, -0.25) is 4.90 Å². The maximum Gasteiger partial charge on any atom is 0.0652 e. The molecule has 106 valence electrons. The van der Waals surface area contributed by atoms with Crippen LogP contribution in [0, 0.1) is 5.41 Å². The summed E-state index contributed by atoms with van der Waals surface area (Å²) in [7, 11) is 1.85. The lowest BCUT2D eigenvalue weighted by Gasteiger charge is -2.58. The van der Waals surface area contributed by atoms with E-state index in [1.807, 2.05) is 7.11 Å². The van der Waals surface area contributed by atoms with Gasteiger partial charge in [-0.25, -0.2) is 0 Å². The van der Waals surface area contributed by atoms with Gasteiger partial charge in [0.25, 0.3) is 0 Å².